The highest BCUT2D eigenvalue weighted by Crippen LogP contribution is 2.27. The van der Waals surface area contributed by atoms with Gasteiger partial charge in [0.1, 0.15) is 0 Å². The highest BCUT2D eigenvalue weighted by atomic mass is 127. The molecule has 0 spiro atoms. The van der Waals surface area contributed by atoms with Crippen LogP contribution in [0.3, 0.4) is 0 Å². The van der Waals surface area contributed by atoms with Crippen LogP contribution in [0.25, 0.3) is 0 Å². The summed E-state index contributed by atoms with van der Waals surface area (Å²) in [6, 6.07) is 0. The molecule has 10 heavy (non-hydrogen) atoms. The summed E-state index contributed by atoms with van der Waals surface area (Å²) in [5.74, 6) is 0. The van der Waals surface area contributed by atoms with Gasteiger partial charge in [-0.3, -0.25) is 0 Å². The molecular formula is C5H10INO2S. The molecule has 3 nitrogen and oxygen atoms in total. The molecule has 1 fully saturated rings. The van der Waals surface area contributed by atoms with Crippen LogP contribution >= 0.6 is 22.6 Å². The number of hydrogen-bond acceptors (Lipinski definition) is 2. The summed E-state index contributed by atoms with van der Waals surface area (Å²) in [6.07, 6.45) is 1.69. The average molecular weight is 275 g/mol. The highest BCUT2D eigenvalue weighted by Gasteiger charge is 2.34. The SMILES string of the molecule is O=S(=O)(NCCI)C1CC1. The molecule has 1 saturated carbocycles. The van der Waals surface area contributed by atoms with Crippen molar-refractivity contribution in [2.45, 2.75) is 18.1 Å². The van der Waals surface area contributed by atoms with Gasteiger partial charge in [-0.2, -0.15) is 0 Å². The standard InChI is InChI=1S/C5H10INO2S/c6-3-4-7-10(8,9)5-1-2-5/h5,7H,1-4H2. The Morgan fingerprint density at radius 2 is 2.10 bits per heavy atom. The first kappa shape index (κ1) is 8.73. The highest BCUT2D eigenvalue weighted by molar-refractivity contribution is 14.1. The fraction of sp³-hybridized carbons (Fsp3) is 1.00. The van der Waals surface area contributed by atoms with Crippen molar-refractivity contribution in [2.24, 2.45) is 0 Å². The Morgan fingerprint density at radius 3 is 2.50 bits per heavy atom. The summed E-state index contributed by atoms with van der Waals surface area (Å²) in [5.41, 5.74) is 0. The molecule has 0 radical (unpaired) electrons. The van der Waals surface area contributed by atoms with Gasteiger partial charge in [0.25, 0.3) is 0 Å². The molecule has 0 saturated heterocycles. The molecule has 0 aromatic carbocycles. The number of sulfonamides is 1. The minimum Gasteiger partial charge on any atom is -0.214 e. The van der Waals surface area contributed by atoms with Gasteiger partial charge < -0.3 is 0 Å². The van der Waals surface area contributed by atoms with E-state index in [1.54, 1.807) is 0 Å². The summed E-state index contributed by atoms with van der Waals surface area (Å²) in [6.45, 7) is 0.569. The number of rotatable bonds is 4. The summed E-state index contributed by atoms with van der Waals surface area (Å²) in [5, 5.41) is -0.0737. The lowest BCUT2D eigenvalue weighted by molar-refractivity contribution is 0.583. The van der Waals surface area contributed by atoms with Crippen molar-refractivity contribution >= 4 is 32.6 Å². The first-order chi connectivity index (χ1) is 4.67. The van der Waals surface area contributed by atoms with Gasteiger partial charge in [-0.1, -0.05) is 22.6 Å². The molecule has 0 heterocycles. The van der Waals surface area contributed by atoms with E-state index < -0.39 is 10.0 Å². The van der Waals surface area contributed by atoms with Crippen molar-refractivity contribution in [3.63, 3.8) is 0 Å². The van der Waals surface area contributed by atoms with E-state index >= 15 is 0 Å². The number of nitrogens with one attached hydrogen (secondary N) is 1. The van der Waals surface area contributed by atoms with Crippen molar-refractivity contribution in [3.05, 3.63) is 0 Å². The maximum absolute atomic E-state index is 11.0. The van der Waals surface area contributed by atoms with Gasteiger partial charge >= 0.3 is 0 Å². The van der Waals surface area contributed by atoms with Crippen LogP contribution in [0.4, 0.5) is 0 Å². The fourth-order valence-electron chi connectivity index (χ4n) is 0.677. The van der Waals surface area contributed by atoms with Crippen LogP contribution in [-0.4, -0.2) is 24.6 Å². The maximum atomic E-state index is 11.0. The minimum atomic E-state index is -2.90. The van der Waals surface area contributed by atoms with Crippen LogP contribution < -0.4 is 4.72 Å². The largest absolute Gasteiger partial charge is 0.214 e. The average Bonchev–Trinajstić information content (AvgIpc) is 2.64. The van der Waals surface area contributed by atoms with Crippen molar-refractivity contribution in [1.29, 1.82) is 0 Å². The topological polar surface area (TPSA) is 46.2 Å². The Morgan fingerprint density at radius 1 is 1.50 bits per heavy atom. The van der Waals surface area contributed by atoms with E-state index in [2.05, 4.69) is 27.3 Å². The van der Waals surface area contributed by atoms with Crippen molar-refractivity contribution < 1.29 is 8.42 Å². The van der Waals surface area contributed by atoms with E-state index in [4.69, 9.17) is 0 Å². The molecule has 0 bridgehead atoms. The lowest BCUT2D eigenvalue weighted by atomic mass is 10.8. The van der Waals surface area contributed by atoms with E-state index in [1.165, 1.54) is 0 Å². The Kier molecular flexibility index (Phi) is 2.93. The Balaban J connectivity index is 2.36. The predicted molar refractivity (Wildman–Crippen MR) is 48.8 cm³/mol. The smallest absolute Gasteiger partial charge is 0.214 e. The van der Waals surface area contributed by atoms with Crippen LogP contribution in [-0.2, 0) is 10.0 Å². The second kappa shape index (κ2) is 3.36. The lowest BCUT2D eigenvalue weighted by Gasteiger charge is -2.00. The quantitative estimate of drug-likeness (QED) is 0.600. The minimum absolute atomic E-state index is 0.0737. The second-order valence-corrected chi connectivity index (χ2v) is 5.45. The van der Waals surface area contributed by atoms with Gasteiger partial charge in [0.05, 0.1) is 5.25 Å². The number of hydrogen-bond donors (Lipinski definition) is 1. The summed E-state index contributed by atoms with van der Waals surface area (Å²) in [7, 11) is -2.90. The van der Waals surface area contributed by atoms with Gasteiger partial charge in [-0.05, 0) is 12.8 Å². The van der Waals surface area contributed by atoms with E-state index in [9.17, 15) is 8.42 Å². The van der Waals surface area contributed by atoms with Gasteiger partial charge in [-0.15, -0.1) is 0 Å². The molecule has 0 aromatic heterocycles. The van der Waals surface area contributed by atoms with Crippen molar-refractivity contribution in [1.82, 2.24) is 4.72 Å². The zero-order valence-corrected chi connectivity index (χ0v) is 8.48. The van der Waals surface area contributed by atoms with E-state index in [1.807, 2.05) is 0 Å². The first-order valence-electron chi connectivity index (χ1n) is 3.21. The molecule has 0 amide bonds. The molecular weight excluding hydrogens is 265 g/mol. The van der Waals surface area contributed by atoms with E-state index in [0.29, 0.717) is 6.54 Å². The summed E-state index contributed by atoms with van der Waals surface area (Å²) >= 11 is 2.14. The van der Waals surface area contributed by atoms with Crippen LogP contribution in [0.5, 0.6) is 0 Å². The molecule has 0 unspecified atom stereocenters. The molecule has 1 rings (SSSR count). The van der Waals surface area contributed by atoms with Gasteiger partial charge in [0, 0.05) is 11.0 Å². The third-order valence-corrected chi connectivity index (χ3v) is 3.86. The van der Waals surface area contributed by atoms with Crippen LogP contribution in [0, 0.1) is 0 Å². The molecule has 0 aliphatic heterocycles. The van der Waals surface area contributed by atoms with Gasteiger partial charge in [-0.25, -0.2) is 13.1 Å². The Labute approximate surface area is 74.8 Å². The Bertz CT molecular complexity index is 198. The molecule has 0 aromatic rings. The maximum Gasteiger partial charge on any atom is 0.214 e. The zero-order chi connectivity index (χ0) is 7.61. The second-order valence-electron chi connectivity index (χ2n) is 2.33. The Hall–Kier alpha value is 0.640. The normalized spacial score (nSPS) is 19.3. The molecule has 1 N–H and O–H groups in total. The van der Waals surface area contributed by atoms with Crippen molar-refractivity contribution in [3.8, 4) is 0 Å². The lowest BCUT2D eigenvalue weighted by Crippen LogP contribution is -2.28. The first-order valence-corrected chi connectivity index (χ1v) is 6.28. The van der Waals surface area contributed by atoms with E-state index in [-0.39, 0.29) is 5.25 Å². The third-order valence-electron chi connectivity index (χ3n) is 1.36. The molecule has 5 heteroatoms. The van der Waals surface area contributed by atoms with Crippen molar-refractivity contribution in [2.75, 3.05) is 11.0 Å². The van der Waals surface area contributed by atoms with Crippen LogP contribution in [0.2, 0.25) is 0 Å². The van der Waals surface area contributed by atoms with Gasteiger partial charge in [0.15, 0.2) is 0 Å². The third kappa shape index (κ3) is 2.35. The number of alkyl halides is 1. The number of halogens is 1. The molecule has 0 atom stereocenters. The fourth-order valence-corrected chi connectivity index (χ4v) is 2.69. The zero-order valence-electron chi connectivity index (χ0n) is 5.51. The molecule has 1 aliphatic carbocycles. The monoisotopic (exact) mass is 275 g/mol. The molecule has 1 aliphatic rings. The summed E-state index contributed by atoms with van der Waals surface area (Å²) < 4.78 is 25.4. The van der Waals surface area contributed by atoms with Crippen LogP contribution in [0.1, 0.15) is 12.8 Å². The van der Waals surface area contributed by atoms with Gasteiger partial charge in [0.2, 0.25) is 10.0 Å². The molecule has 60 valence electrons. The summed E-state index contributed by atoms with van der Waals surface area (Å²) in [4.78, 5) is 0. The predicted octanol–water partition coefficient (Wildman–Crippen LogP) is 0.503. The van der Waals surface area contributed by atoms with E-state index in [0.717, 1.165) is 17.3 Å². The van der Waals surface area contributed by atoms with Crippen LogP contribution in [0.15, 0.2) is 0 Å².